The van der Waals surface area contributed by atoms with Crippen molar-refractivity contribution in [3.8, 4) is 0 Å². The Balaban J connectivity index is 1.65. The smallest absolute Gasteiger partial charge is 0.363 e. The number of allylic oxidation sites excluding steroid dienone is 2. The van der Waals surface area contributed by atoms with E-state index in [9.17, 15) is 26.3 Å². The van der Waals surface area contributed by atoms with Crippen LogP contribution >= 0.6 is 0 Å². The zero-order valence-corrected chi connectivity index (χ0v) is 15.7. The second kappa shape index (κ2) is 7.50. The minimum absolute atomic E-state index is 0.0842. The van der Waals surface area contributed by atoms with E-state index in [1.165, 1.54) is 6.20 Å². The van der Waals surface area contributed by atoms with Crippen molar-refractivity contribution >= 4 is 5.57 Å². The zero-order valence-electron chi connectivity index (χ0n) is 15.7. The van der Waals surface area contributed by atoms with Crippen molar-refractivity contribution in [3.63, 3.8) is 0 Å². The molecule has 0 amide bonds. The molecule has 158 valence electrons. The summed E-state index contributed by atoms with van der Waals surface area (Å²) in [5, 5.41) is 6.48. The van der Waals surface area contributed by atoms with E-state index in [-0.39, 0.29) is 17.7 Å². The highest BCUT2D eigenvalue weighted by Crippen LogP contribution is 2.39. The van der Waals surface area contributed by atoms with Gasteiger partial charge in [-0.2, -0.15) is 26.3 Å². The summed E-state index contributed by atoms with van der Waals surface area (Å²) in [5.41, 5.74) is 0.785. The maximum atomic E-state index is 13.2. The molecular formula is C22H18F6N2. The van der Waals surface area contributed by atoms with Gasteiger partial charge in [0.05, 0.1) is 17.2 Å². The lowest BCUT2D eigenvalue weighted by molar-refractivity contribution is -0.143. The van der Waals surface area contributed by atoms with E-state index in [1.807, 2.05) is 30.3 Å². The summed E-state index contributed by atoms with van der Waals surface area (Å²) in [6.45, 7) is 0.693. The van der Waals surface area contributed by atoms with Gasteiger partial charge in [0.25, 0.3) is 0 Å². The van der Waals surface area contributed by atoms with E-state index in [1.54, 1.807) is 0 Å². The van der Waals surface area contributed by atoms with E-state index in [4.69, 9.17) is 0 Å². The number of halogens is 6. The standard InChI is InChI=1S/C22H18F6N2/c23-21(24,25)16-8-15(9-17(10-16)22(26,27)28)13-5-3-7-19(29-11-13)20-18-6-2-1-4-14(18)12-30-20/h1-2,4,6-11,20,29-30H,3,5,12H2. The van der Waals surface area contributed by atoms with Crippen molar-refractivity contribution < 1.29 is 26.3 Å². The molecule has 0 fully saturated rings. The van der Waals surface area contributed by atoms with Crippen LogP contribution in [0, 0.1) is 0 Å². The molecule has 4 rings (SSSR count). The van der Waals surface area contributed by atoms with Crippen molar-refractivity contribution in [1.82, 2.24) is 10.6 Å². The summed E-state index contributed by atoms with van der Waals surface area (Å²) in [7, 11) is 0. The minimum atomic E-state index is -4.87. The fourth-order valence-electron chi connectivity index (χ4n) is 3.83. The summed E-state index contributed by atoms with van der Waals surface area (Å²) in [6, 6.07) is 9.50. The van der Waals surface area contributed by atoms with E-state index in [2.05, 4.69) is 10.6 Å². The van der Waals surface area contributed by atoms with Crippen LogP contribution in [0.4, 0.5) is 26.3 Å². The molecule has 0 spiro atoms. The van der Waals surface area contributed by atoms with Gasteiger partial charge in [-0.25, -0.2) is 0 Å². The lowest BCUT2D eigenvalue weighted by Crippen LogP contribution is -2.21. The average Bonchev–Trinajstić information content (AvgIpc) is 2.96. The number of benzene rings is 2. The van der Waals surface area contributed by atoms with Crippen LogP contribution in [0.25, 0.3) is 5.57 Å². The maximum absolute atomic E-state index is 13.2. The largest absolute Gasteiger partial charge is 0.416 e. The van der Waals surface area contributed by atoms with E-state index >= 15 is 0 Å². The molecule has 2 aromatic rings. The third-order valence-corrected chi connectivity index (χ3v) is 5.32. The van der Waals surface area contributed by atoms with Crippen LogP contribution in [-0.4, -0.2) is 0 Å². The topological polar surface area (TPSA) is 24.1 Å². The van der Waals surface area contributed by atoms with Crippen LogP contribution in [0.3, 0.4) is 0 Å². The van der Waals surface area contributed by atoms with E-state index in [0.717, 1.165) is 29.0 Å². The molecule has 0 bridgehead atoms. The maximum Gasteiger partial charge on any atom is 0.416 e. The van der Waals surface area contributed by atoms with Crippen molar-refractivity contribution in [3.05, 3.63) is 88.3 Å². The Morgan fingerprint density at radius 2 is 1.53 bits per heavy atom. The number of nitrogens with one attached hydrogen (secondary N) is 2. The number of alkyl halides is 6. The fraction of sp³-hybridized carbons (Fsp3) is 0.273. The van der Waals surface area contributed by atoms with Crippen LogP contribution in [0.2, 0.25) is 0 Å². The van der Waals surface area contributed by atoms with Gasteiger partial charge in [-0.15, -0.1) is 0 Å². The van der Waals surface area contributed by atoms with E-state index in [0.29, 0.717) is 25.0 Å². The van der Waals surface area contributed by atoms with Crippen LogP contribution in [0.15, 0.2) is 60.4 Å². The normalized spacial score (nSPS) is 19.5. The minimum Gasteiger partial charge on any atom is -0.363 e. The molecule has 2 heterocycles. The highest BCUT2D eigenvalue weighted by molar-refractivity contribution is 5.68. The monoisotopic (exact) mass is 424 g/mol. The molecule has 30 heavy (non-hydrogen) atoms. The van der Waals surface area contributed by atoms with Crippen molar-refractivity contribution in [2.45, 2.75) is 37.8 Å². The van der Waals surface area contributed by atoms with E-state index < -0.39 is 23.5 Å². The first-order valence-corrected chi connectivity index (χ1v) is 9.39. The Morgan fingerprint density at radius 1 is 0.867 bits per heavy atom. The predicted octanol–water partition coefficient (Wildman–Crippen LogP) is 6.18. The third kappa shape index (κ3) is 4.09. The van der Waals surface area contributed by atoms with Gasteiger partial charge in [-0.1, -0.05) is 30.3 Å². The summed E-state index contributed by atoms with van der Waals surface area (Å²) >= 11 is 0. The first-order valence-electron chi connectivity index (χ1n) is 9.39. The number of fused-ring (bicyclic) bond motifs is 1. The van der Waals surface area contributed by atoms with Gasteiger partial charge in [0, 0.05) is 18.4 Å². The van der Waals surface area contributed by atoms with Gasteiger partial charge in [0.2, 0.25) is 0 Å². The Morgan fingerprint density at radius 3 is 2.20 bits per heavy atom. The molecule has 0 aromatic heterocycles. The molecule has 2 aromatic carbocycles. The summed E-state index contributed by atoms with van der Waals surface area (Å²) in [5.74, 6) is 0. The van der Waals surface area contributed by atoms with Crippen LogP contribution in [0.1, 0.15) is 46.7 Å². The first kappa shape index (κ1) is 20.5. The SMILES string of the molecule is FC(F)(F)c1cc(C2=CNC(C3NCc4ccccc43)=CCC2)cc(C(F)(F)F)c1. The molecule has 0 saturated carbocycles. The van der Waals surface area contributed by atoms with Crippen LogP contribution in [0.5, 0.6) is 0 Å². The summed E-state index contributed by atoms with van der Waals surface area (Å²) in [4.78, 5) is 0. The van der Waals surface area contributed by atoms with Gasteiger partial charge in [0.15, 0.2) is 0 Å². The molecular weight excluding hydrogens is 406 g/mol. The molecule has 0 saturated heterocycles. The van der Waals surface area contributed by atoms with Crippen LogP contribution in [-0.2, 0) is 18.9 Å². The first-order chi connectivity index (χ1) is 14.1. The Kier molecular flexibility index (Phi) is 5.13. The summed E-state index contributed by atoms with van der Waals surface area (Å²) < 4.78 is 79.0. The Labute approximate surface area is 169 Å². The summed E-state index contributed by atoms with van der Waals surface area (Å²) in [6.07, 6.45) is -5.47. The highest BCUT2D eigenvalue weighted by Gasteiger charge is 2.37. The van der Waals surface area contributed by atoms with Crippen molar-refractivity contribution in [2.75, 3.05) is 0 Å². The fourth-order valence-corrected chi connectivity index (χ4v) is 3.83. The molecule has 1 atom stereocenters. The lowest BCUT2D eigenvalue weighted by Gasteiger charge is -2.17. The molecule has 0 radical (unpaired) electrons. The molecule has 2 N–H and O–H groups in total. The van der Waals surface area contributed by atoms with Crippen molar-refractivity contribution in [1.29, 1.82) is 0 Å². The number of rotatable bonds is 2. The van der Waals surface area contributed by atoms with Crippen molar-refractivity contribution in [2.24, 2.45) is 0 Å². The molecule has 8 heteroatoms. The molecule has 2 aliphatic heterocycles. The van der Waals surface area contributed by atoms with Gasteiger partial charge < -0.3 is 10.6 Å². The zero-order chi connectivity index (χ0) is 21.5. The Hall–Kier alpha value is -2.74. The molecule has 2 aliphatic rings. The number of hydrogen-bond acceptors (Lipinski definition) is 2. The average molecular weight is 424 g/mol. The van der Waals surface area contributed by atoms with Gasteiger partial charge in [0.1, 0.15) is 0 Å². The number of hydrogen-bond donors (Lipinski definition) is 2. The third-order valence-electron chi connectivity index (χ3n) is 5.32. The van der Waals surface area contributed by atoms with Gasteiger partial charge >= 0.3 is 12.4 Å². The molecule has 1 unspecified atom stereocenters. The van der Waals surface area contributed by atoms with Crippen LogP contribution < -0.4 is 10.6 Å². The molecule has 2 nitrogen and oxygen atoms in total. The van der Waals surface area contributed by atoms with Gasteiger partial charge in [-0.05, 0) is 53.3 Å². The second-order valence-electron chi connectivity index (χ2n) is 7.32. The predicted molar refractivity (Wildman–Crippen MR) is 101 cm³/mol. The lowest BCUT2D eigenvalue weighted by atomic mass is 9.97. The Bertz CT molecular complexity index is 985. The highest BCUT2D eigenvalue weighted by atomic mass is 19.4. The second-order valence-corrected chi connectivity index (χ2v) is 7.32. The quantitative estimate of drug-likeness (QED) is 0.563. The molecule has 0 aliphatic carbocycles. The van der Waals surface area contributed by atoms with Gasteiger partial charge in [-0.3, -0.25) is 0 Å².